The van der Waals surface area contributed by atoms with Gasteiger partial charge in [-0.3, -0.25) is 4.84 Å². The van der Waals surface area contributed by atoms with Crippen molar-refractivity contribution in [3.05, 3.63) is 0 Å². The van der Waals surface area contributed by atoms with E-state index in [0.29, 0.717) is 0 Å². The summed E-state index contributed by atoms with van der Waals surface area (Å²) >= 11 is 0. The number of nitrogens with zero attached hydrogens (tertiary/aromatic N) is 1. The molecule has 3 heteroatoms. The van der Waals surface area contributed by atoms with E-state index in [1.54, 1.807) is 0 Å². The summed E-state index contributed by atoms with van der Waals surface area (Å²) in [5.41, 5.74) is -0.338. The van der Waals surface area contributed by atoms with Crippen LogP contribution >= 0.6 is 0 Å². The van der Waals surface area contributed by atoms with E-state index in [0.717, 1.165) is 19.4 Å². The maximum atomic E-state index is 6.22. The highest BCUT2D eigenvalue weighted by Gasteiger charge is 2.54. The normalized spacial score (nSPS) is 28.8. The quantitative estimate of drug-likeness (QED) is 0.701. The molecule has 1 aliphatic carbocycles. The Morgan fingerprint density at radius 3 is 2.18 bits per heavy atom. The van der Waals surface area contributed by atoms with Gasteiger partial charge in [-0.2, -0.15) is 0 Å². The van der Waals surface area contributed by atoms with E-state index in [-0.39, 0.29) is 16.9 Å². The lowest BCUT2D eigenvalue weighted by Gasteiger charge is -2.45. The van der Waals surface area contributed by atoms with E-state index >= 15 is 0 Å². The Morgan fingerprint density at radius 2 is 1.65 bits per heavy atom. The first-order valence-corrected chi connectivity index (χ1v) is 6.89. The highest BCUT2D eigenvalue weighted by molar-refractivity contribution is 4.96. The molecular formula is C14H27NO2. The van der Waals surface area contributed by atoms with E-state index in [4.69, 9.17) is 9.57 Å². The lowest BCUT2D eigenvalue weighted by atomic mass is 9.90. The number of rotatable bonds is 1. The van der Waals surface area contributed by atoms with Gasteiger partial charge in [-0.25, -0.2) is 0 Å². The SMILES string of the molecule is CC(C)(C)ON1C(C)(C)COC12CCCCC2. The molecular weight excluding hydrogens is 214 g/mol. The summed E-state index contributed by atoms with van der Waals surface area (Å²) in [5.74, 6) is 0. The van der Waals surface area contributed by atoms with Crippen LogP contribution in [0, 0.1) is 0 Å². The van der Waals surface area contributed by atoms with Gasteiger partial charge in [0.05, 0.1) is 17.7 Å². The second-order valence-electron chi connectivity index (χ2n) is 7.11. The zero-order valence-electron chi connectivity index (χ0n) is 12.0. The molecule has 1 aliphatic heterocycles. The van der Waals surface area contributed by atoms with Crippen molar-refractivity contribution in [3.8, 4) is 0 Å². The highest BCUT2D eigenvalue weighted by Crippen LogP contribution is 2.45. The van der Waals surface area contributed by atoms with Crippen LogP contribution in [0.25, 0.3) is 0 Å². The Morgan fingerprint density at radius 1 is 1.06 bits per heavy atom. The third-order valence-electron chi connectivity index (χ3n) is 3.61. The van der Waals surface area contributed by atoms with Crippen molar-refractivity contribution in [1.29, 1.82) is 0 Å². The van der Waals surface area contributed by atoms with Crippen LogP contribution in [-0.2, 0) is 9.57 Å². The summed E-state index contributed by atoms with van der Waals surface area (Å²) in [4.78, 5) is 6.22. The molecule has 0 N–H and O–H groups in total. The zero-order chi connectivity index (χ0) is 12.7. The third kappa shape index (κ3) is 2.67. The second-order valence-corrected chi connectivity index (χ2v) is 7.11. The fraction of sp³-hybridized carbons (Fsp3) is 1.00. The van der Waals surface area contributed by atoms with Crippen molar-refractivity contribution in [3.63, 3.8) is 0 Å². The van der Waals surface area contributed by atoms with Gasteiger partial charge in [-0.15, -0.1) is 5.06 Å². The topological polar surface area (TPSA) is 21.7 Å². The van der Waals surface area contributed by atoms with Crippen LogP contribution in [0.15, 0.2) is 0 Å². The first-order valence-electron chi connectivity index (χ1n) is 6.89. The van der Waals surface area contributed by atoms with Gasteiger partial charge >= 0.3 is 0 Å². The Labute approximate surface area is 105 Å². The molecule has 100 valence electrons. The Balaban J connectivity index is 2.20. The Hall–Kier alpha value is -0.120. The molecule has 2 rings (SSSR count). The zero-order valence-corrected chi connectivity index (χ0v) is 12.0. The fourth-order valence-electron chi connectivity index (χ4n) is 2.91. The summed E-state index contributed by atoms with van der Waals surface area (Å²) in [5, 5.41) is 2.17. The average molecular weight is 241 g/mol. The monoisotopic (exact) mass is 241 g/mol. The maximum Gasteiger partial charge on any atom is 0.144 e. The van der Waals surface area contributed by atoms with Crippen molar-refractivity contribution < 1.29 is 9.57 Å². The summed E-state index contributed by atoms with van der Waals surface area (Å²) in [7, 11) is 0. The van der Waals surface area contributed by atoms with Crippen molar-refractivity contribution >= 4 is 0 Å². The molecule has 0 aromatic heterocycles. The van der Waals surface area contributed by atoms with Crippen LogP contribution in [-0.4, -0.2) is 28.5 Å². The van der Waals surface area contributed by atoms with Crippen LogP contribution < -0.4 is 0 Å². The fourth-order valence-corrected chi connectivity index (χ4v) is 2.91. The summed E-state index contributed by atoms with van der Waals surface area (Å²) < 4.78 is 6.16. The van der Waals surface area contributed by atoms with Gasteiger partial charge in [-0.05, 0) is 60.3 Å². The van der Waals surface area contributed by atoms with Crippen LogP contribution in [0.4, 0.5) is 0 Å². The van der Waals surface area contributed by atoms with Gasteiger partial charge in [0.2, 0.25) is 0 Å². The summed E-state index contributed by atoms with van der Waals surface area (Å²) in [6.45, 7) is 11.5. The molecule has 0 unspecified atom stereocenters. The van der Waals surface area contributed by atoms with Crippen LogP contribution in [0.2, 0.25) is 0 Å². The molecule has 0 radical (unpaired) electrons. The molecule has 0 amide bonds. The van der Waals surface area contributed by atoms with Crippen LogP contribution in [0.1, 0.15) is 66.7 Å². The third-order valence-corrected chi connectivity index (χ3v) is 3.61. The van der Waals surface area contributed by atoms with E-state index in [1.807, 2.05) is 0 Å². The van der Waals surface area contributed by atoms with Crippen LogP contribution in [0.5, 0.6) is 0 Å². The van der Waals surface area contributed by atoms with Gasteiger partial charge in [0, 0.05) is 0 Å². The van der Waals surface area contributed by atoms with Gasteiger partial charge in [0.25, 0.3) is 0 Å². The second kappa shape index (κ2) is 4.22. The molecule has 1 saturated heterocycles. The predicted molar refractivity (Wildman–Crippen MR) is 68.5 cm³/mol. The molecule has 0 aromatic rings. The summed E-state index contributed by atoms with van der Waals surface area (Å²) in [6.07, 6.45) is 6.04. The first kappa shape index (κ1) is 13.3. The molecule has 1 saturated carbocycles. The van der Waals surface area contributed by atoms with Crippen molar-refractivity contribution in [2.45, 2.75) is 83.6 Å². The van der Waals surface area contributed by atoms with Crippen molar-refractivity contribution in [2.75, 3.05) is 6.61 Å². The molecule has 2 fully saturated rings. The number of hydrogen-bond acceptors (Lipinski definition) is 3. The lowest BCUT2D eigenvalue weighted by Crippen LogP contribution is -2.55. The van der Waals surface area contributed by atoms with E-state index in [9.17, 15) is 0 Å². The molecule has 0 aromatic carbocycles. The molecule has 0 bridgehead atoms. The molecule has 17 heavy (non-hydrogen) atoms. The highest BCUT2D eigenvalue weighted by atomic mass is 16.7. The van der Waals surface area contributed by atoms with Gasteiger partial charge in [0.1, 0.15) is 5.72 Å². The van der Waals surface area contributed by atoms with E-state index < -0.39 is 0 Å². The molecule has 1 spiro atoms. The molecule has 3 nitrogen and oxygen atoms in total. The van der Waals surface area contributed by atoms with Gasteiger partial charge < -0.3 is 4.74 Å². The van der Waals surface area contributed by atoms with E-state index in [2.05, 4.69) is 39.7 Å². The minimum absolute atomic E-state index is 0.0232. The number of hydroxylamine groups is 2. The summed E-state index contributed by atoms with van der Waals surface area (Å²) in [6, 6.07) is 0. The van der Waals surface area contributed by atoms with Gasteiger partial charge in [-0.1, -0.05) is 6.42 Å². The minimum atomic E-state index is -0.158. The molecule has 2 aliphatic rings. The largest absolute Gasteiger partial charge is 0.356 e. The van der Waals surface area contributed by atoms with Crippen LogP contribution in [0.3, 0.4) is 0 Å². The van der Waals surface area contributed by atoms with Crippen molar-refractivity contribution in [2.24, 2.45) is 0 Å². The smallest absolute Gasteiger partial charge is 0.144 e. The number of ether oxygens (including phenoxy) is 1. The lowest BCUT2D eigenvalue weighted by molar-refractivity contribution is -0.332. The Kier molecular flexibility index (Phi) is 3.30. The molecule has 1 heterocycles. The van der Waals surface area contributed by atoms with Gasteiger partial charge in [0.15, 0.2) is 0 Å². The first-order chi connectivity index (χ1) is 7.75. The van der Waals surface area contributed by atoms with Crippen molar-refractivity contribution in [1.82, 2.24) is 5.06 Å². The standard InChI is InChI=1S/C14H27NO2/c1-12(2,3)17-15-13(4,5)11-16-14(15)9-7-6-8-10-14/h6-11H2,1-5H3. The minimum Gasteiger partial charge on any atom is -0.356 e. The predicted octanol–water partition coefficient (Wildman–Crippen LogP) is 3.49. The molecule has 0 atom stereocenters. The average Bonchev–Trinajstić information content (AvgIpc) is 2.43. The van der Waals surface area contributed by atoms with E-state index in [1.165, 1.54) is 19.3 Å². The maximum absolute atomic E-state index is 6.22. The Bertz CT molecular complexity index is 274. The number of hydrogen-bond donors (Lipinski definition) is 0.